The van der Waals surface area contributed by atoms with Crippen molar-refractivity contribution in [3.05, 3.63) is 34.1 Å². The van der Waals surface area contributed by atoms with Crippen LogP contribution in [0.1, 0.15) is 19.3 Å². The van der Waals surface area contributed by atoms with Crippen molar-refractivity contribution in [3.8, 4) is 5.75 Å². The molecule has 0 amide bonds. The first-order valence-electron chi connectivity index (χ1n) is 7.15. The van der Waals surface area contributed by atoms with Gasteiger partial charge in [0.2, 0.25) is 0 Å². The van der Waals surface area contributed by atoms with E-state index in [4.69, 9.17) is 20.4 Å². The van der Waals surface area contributed by atoms with Gasteiger partial charge in [-0.2, -0.15) is 13.2 Å². The lowest BCUT2D eigenvalue weighted by Gasteiger charge is -2.13. The molecular weight excluding hydrogens is 352 g/mol. The number of carboxylic acids is 1. The highest BCUT2D eigenvalue weighted by Crippen LogP contribution is 2.33. The van der Waals surface area contributed by atoms with Crippen LogP contribution in [-0.2, 0) is 4.79 Å². The molecular formula is C14H16F4N2O5. The summed E-state index contributed by atoms with van der Waals surface area (Å²) in [6.07, 6.45) is -2.68. The molecule has 7 nitrogen and oxygen atoms in total. The number of nitrogens with two attached hydrogens (primary N) is 1. The maximum atomic E-state index is 13.1. The maximum absolute atomic E-state index is 13.1. The molecule has 1 aliphatic carbocycles. The van der Waals surface area contributed by atoms with E-state index in [9.17, 15) is 27.7 Å². The molecule has 1 aromatic rings. The zero-order chi connectivity index (χ0) is 19.2. The molecule has 1 aromatic carbocycles. The number of carbonyl (C=O) groups is 1. The zero-order valence-electron chi connectivity index (χ0n) is 12.8. The Balaban J connectivity index is 0.000000381. The molecule has 2 atom stereocenters. The lowest BCUT2D eigenvalue weighted by molar-refractivity contribution is -0.386. The van der Waals surface area contributed by atoms with Gasteiger partial charge in [-0.3, -0.25) is 10.1 Å². The third kappa shape index (κ3) is 6.53. The van der Waals surface area contributed by atoms with E-state index in [1.54, 1.807) is 0 Å². The van der Waals surface area contributed by atoms with Crippen LogP contribution in [-0.4, -0.2) is 34.8 Å². The molecule has 140 valence electrons. The smallest absolute Gasteiger partial charge is 0.483 e. The maximum Gasteiger partial charge on any atom is 0.490 e. The number of aliphatic carboxylic acids is 1. The molecule has 0 aliphatic heterocycles. The number of halogens is 4. The summed E-state index contributed by atoms with van der Waals surface area (Å²) in [7, 11) is 0. The number of benzene rings is 1. The predicted octanol–water partition coefficient (Wildman–Crippen LogP) is 2.87. The van der Waals surface area contributed by atoms with Gasteiger partial charge in [0.1, 0.15) is 5.82 Å². The van der Waals surface area contributed by atoms with Gasteiger partial charge in [-0.15, -0.1) is 0 Å². The van der Waals surface area contributed by atoms with Crippen LogP contribution in [0.15, 0.2) is 18.2 Å². The second-order valence-corrected chi connectivity index (χ2v) is 5.33. The zero-order valence-corrected chi connectivity index (χ0v) is 12.8. The molecule has 0 heterocycles. The van der Waals surface area contributed by atoms with E-state index in [0.717, 1.165) is 37.5 Å². The Morgan fingerprint density at radius 2 is 2.00 bits per heavy atom. The van der Waals surface area contributed by atoms with Crippen LogP contribution in [0, 0.1) is 21.8 Å². The molecule has 0 bridgehead atoms. The Labute approximate surface area is 139 Å². The van der Waals surface area contributed by atoms with Gasteiger partial charge in [0.05, 0.1) is 11.0 Å². The molecule has 2 rings (SSSR count). The van der Waals surface area contributed by atoms with Gasteiger partial charge in [0.25, 0.3) is 0 Å². The van der Waals surface area contributed by atoms with E-state index < -0.39 is 22.9 Å². The summed E-state index contributed by atoms with van der Waals surface area (Å²) in [5.74, 6) is -2.90. The summed E-state index contributed by atoms with van der Waals surface area (Å²) in [6.45, 7) is 0.588. The quantitative estimate of drug-likeness (QED) is 0.480. The van der Waals surface area contributed by atoms with E-state index in [-0.39, 0.29) is 17.5 Å². The molecule has 0 spiro atoms. The van der Waals surface area contributed by atoms with Crippen LogP contribution < -0.4 is 10.5 Å². The van der Waals surface area contributed by atoms with Crippen LogP contribution >= 0.6 is 0 Å². The van der Waals surface area contributed by atoms with Crippen molar-refractivity contribution in [1.82, 2.24) is 0 Å². The van der Waals surface area contributed by atoms with Crippen molar-refractivity contribution in [3.63, 3.8) is 0 Å². The van der Waals surface area contributed by atoms with Crippen molar-refractivity contribution in [2.45, 2.75) is 31.5 Å². The standard InChI is InChI=1S/C12H15FN2O3.C2HF3O2/c13-9-2-4-11(15(16)17)12(6-9)18-10-3-1-8(5-10)7-14;3-2(4,5)1(6)7/h2,4,6,8,10H,1,3,5,7,14H2;(H,6,7)/t8-,10-;/m0./s1. The highest BCUT2D eigenvalue weighted by Gasteiger charge is 2.38. The fourth-order valence-electron chi connectivity index (χ4n) is 2.26. The van der Waals surface area contributed by atoms with Gasteiger partial charge in [-0.05, 0) is 37.8 Å². The minimum atomic E-state index is -5.08. The Hall–Kier alpha value is -2.43. The van der Waals surface area contributed by atoms with Crippen LogP contribution in [0.5, 0.6) is 5.75 Å². The van der Waals surface area contributed by atoms with Gasteiger partial charge < -0.3 is 15.6 Å². The second kappa shape index (κ2) is 8.60. The highest BCUT2D eigenvalue weighted by molar-refractivity contribution is 5.73. The molecule has 1 aliphatic rings. The Bertz CT molecular complexity index is 624. The van der Waals surface area contributed by atoms with Crippen molar-refractivity contribution in [2.75, 3.05) is 6.54 Å². The third-order valence-corrected chi connectivity index (χ3v) is 3.48. The molecule has 3 N–H and O–H groups in total. The fourth-order valence-corrected chi connectivity index (χ4v) is 2.26. The molecule has 1 fully saturated rings. The number of nitro groups is 1. The van der Waals surface area contributed by atoms with E-state index in [1.165, 1.54) is 0 Å². The van der Waals surface area contributed by atoms with Crippen LogP contribution in [0.2, 0.25) is 0 Å². The molecule has 0 aromatic heterocycles. The average molecular weight is 368 g/mol. The fraction of sp³-hybridized carbons (Fsp3) is 0.500. The Morgan fingerprint density at radius 3 is 2.44 bits per heavy atom. The number of ether oxygens (including phenoxy) is 1. The summed E-state index contributed by atoms with van der Waals surface area (Å²) in [5.41, 5.74) is 5.37. The molecule has 1 saturated carbocycles. The number of nitro benzene ring substituents is 1. The summed E-state index contributed by atoms with van der Waals surface area (Å²) < 4.78 is 50.4. The summed E-state index contributed by atoms with van der Waals surface area (Å²) >= 11 is 0. The number of carboxylic acid groups (broad SMARTS) is 1. The van der Waals surface area contributed by atoms with E-state index in [2.05, 4.69) is 0 Å². The first kappa shape index (κ1) is 20.6. The number of alkyl halides is 3. The van der Waals surface area contributed by atoms with E-state index in [1.807, 2.05) is 0 Å². The number of nitrogens with zero attached hydrogens (tertiary/aromatic N) is 1. The normalized spacial score (nSPS) is 19.7. The topological polar surface area (TPSA) is 116 Å². The molecule has 0 saturated heterocycles. The third-order valence-electron chi connectivity index (χ3n) is 3.48. The number of hydrogen-bond acceptors (Lipinski definition) is 5. The van der Waals surface area contributed by atoms with Crippen molar-refractivity contribution < 1.29 is 37.1 Å². The molecule has 11 heteroatoms. The highest BCUT2D eigenvalue weighted by atomic mass is 19.4. The Kier molecular flexibility index (Phi) is 7.09. The SMILES string of the molecule is NC[C@H]1CC[C@H](Oc2cc(F)ccc2[N+](=O)[O-])C1.O=C(O)C(F)(F)F. The first-order chi connectivity index (χ1) is 11.5. The largest absolute Gasteiger partial charge is 0.490 e. The van der Waals surface area contributed by atoms with Gasteiger partial charge in [-0.25, -0.2) is 9.18 Å². The lowest BCUT2D eigenvalue weighted by Crippen LogP contribution is -2.21. The minimum absolute atomic E-state index is 0.00247. The van der Waals surface area contributed by atoms with Gasteiger partial charge in [0.15, 0.2) is 5.75 Å². The monoisotopic (exact) mass is 368 g/mol. The van der Waals surface area contributed by atoms with Gasteiger partial charge in [0, 0.05) is 12.1 Å². The number of hydrogen-bond donors (Lipinski definition) is 2. The van der Waals surface area contributed by atoms with Gasteiger partial charge in [-0.1, -0.05) is 0 Å². The summed E-state index contributed by atoms with van der Waals surface area (Å²) in [5, 5.41) is 17.9. The lowest BCUT2D eigenvalue weighted by atomic mass is 10.1. The predicted molar refractivity (Wildman–Crippen MR) is 77.6 cm³/mol. The molecule has 25 heavy (non-hydrogen) atoms. The van der Waals surface area contributed by atoms with E-state index in [0.29, 0.717) is 12.5 Å². The molecule has 0 unspecified atom stereocenters. The first-order valence-corrected chi connectivity index (χ1v) is 7.15. The van der Waals surface area contributed by atoms with Crippen LogP contribution in [0.3, 0.4) is 0 Å². The van der Waals surface area contributed by atoms with Crippen molar-refractivity contribution in [2.24, 2.45) is 11.7 Å². The van der Waals surface area contributed by atoms with Crippen molar-refractivity contribution >= 4 is 11.7 Å². The summed E-state index contributed by atoms with van der Waals surface area (Å²) in [6, 6.07) is 3.25. The van der Waals surface area contributed by atoms with Crippen LogP contribution in [0.25, 0.3) is 0 Å². The number of rotatable bonds is 4. The van der Waals surface area contributed by atoms with E-state index >= 15 is 0 Å². The average Bonchev–Trinajstić information content (AvgIpc) is 2.94. The van der Waals surface area contributed by atoms with Crippen LogP contribution in [0.4, 0.5) is 23.2 Å². The minimum Gasteiger partial charge on any atom is -0.483 e. The van der Waals surface area contributed by atoms with Crippen molar-refractivity contribution in [1.29, 1.82) is 0 Å². The second-order valence-electron chi connectivity index (χ2n) is 5.33. The Morgan fingerprint density at radius 1 is 1.40 bits per heavy atom. The summed E-state index contributed by atoms with van der Waals surface area (Å²) in [4.78, 5) is 19.1. The van der Waals surface area contributed by atoms with Gasteiger partial charge >= 0.3 is 17.8 Å². The molecule has 0 radical (unpaired) electrons.